The number of rotatable bonds is 11. The second kappa shape index (κ2) is 13.1. The Morgan fingerprint density at radius 2 is 0.842 bits per heavy atom. The highest BCUT2D eigenvalue weighted by Crippen LogP contribution is 2.63. The molecular formula is C34H28OS3. The second-order valence-electron chi connectivity index (χ2n) is 8.81. The standard InChI is InChI=1S/C34H28OS3/c35-33(28-18-8-2-9-19-28)26-32(27-16-6-1-7-17-27)34(36-29-20-10-3-11-21-29,37-30-22-12-4-13-23-30)38-31-24-14-5-15-25-31/h1-25,32H,26H2. The number of benzene rings is 5. The minimum atomic E-state index is -0.476. The van der Waals surface area contributed by atoms with Gasteiger partial charge in [-0.05, 0) is 42.0 Å². The van der Waals surface area contributed by atoms with Crippen LogP contribution in [-0.4, -0.2) is 9.19 Å². The number of thioether (sulfide) groups is 3. The molecular weight excluding hydrogens is 521 g/mol. The molecule has 0 fully saturated rings. The van der Waals surface area contributed by atoms with E-state index in [1.807, 2.05) is 89.9 Å². The van der Waals surface area contributed by atoms with Crippen molar-refractivity contribution < 1.29 is 4.79 Å². The fraction of sp³-hybridized carbons (Fsp3) is 0.0882. The summed E-state index contributed by atoms with van der Waals surface area (Å²) in [6.07, 6.45) is 0.396. The van der Waals surface area contributed by atoms with Gasteiger partial charge < -0.3 is 0 Å². The van der Waals surface area contributed by atoms with Crippen LogP contribution in [0.5, 0.6) is 0 Å². The second-order valence-corrected chi connectivity index (χ2v) is 13.5. The molecule has 0 amide bonds. The number of carbonyl (C=O) groups excluding carboxylic acids is 1. The Labute approximate surface area is 238 Å². The lowest BCUT2D eigenvalue weighted by Crippen LogP contribution is -2.28. The highest BCUT2D eigenvalue weighted by molar-refractivity contribution is 8.33. The third kappa shape index (κ3) is 6.82. The molecule has 0 aliphatic rings. The molecule has 5 rings (SSSR count). The van der Waals surface area contributed by atoms with Crippen LogP contribution in [0.15, 0.2) is 166 Å². The van der Waals surface area contributed by atoms with Gasteiger partial charge in [-0.15, -0.1) is 0 Å². The van der Waals surface area contributed by atoms with Crippen LogP contribution in [0.4, 0.5) is 0 Å². The van der Waals surface area contributed by atoms with Gasteiger partial charge in [-0.1, -0.05) is 151 Å². The summed E-state index contributed by atoms with van der Waals surface area (Å²) in [6.45, 7) is 0. The number of ketones is 1. The molecule has 38 heavy (non-hydrogen) atoms. The van der Waals surface area contributed by atoms with Crippen molar-refractivity contribution in [1.82, 2.24) is 0 Å². The fourth-order valence-electron chi connectivity index (χ4n) is 4.29. The number of carbonyl (C=O) groups is 1. The monoisotopic (exact) mass is 548 g/mol. The molecule has 0 N–H and O–H groups in total. The maximum Gasteiger partial charge on any atom is 0.163 e. The van der Waals surface area contributed by atoms with E-state index in [4.69, 9.17) is 0 Å². The molecule has 0 saturated heterocycles. The summed E-state index contributed by atoms with van der Waals surface area (Å²) in [6, 6.07) is 51.8. The van der Waals surface area contributed by atoms with Crippen LogP contribution in [0, 0.1) is 0 Å². The van der Waals surface area contributed by atoms with Gasteiger partial charge in [0.1, 0.15) is 3.41 Å². The Hall–Kier alpha value is -3.18. The summed E-state index contributed by atoms with van der Waals surface area (Å²) >= 11 is 5.52. The molecule has 0 aliphatic heterocycles. The minimum Gasteiger partial charge on any atom is -0.294 e. The van der Waals surface area contributed by atoms with Crippen molar-refractivity contribution in [2.75, 3.05) is 0 Å². The van der Waals surface area contributed by atoms with E-state index in [1.165, 1.54) is 14.7 Å². The van der Waals surface area contributed by atoms with Crippen LogP contribution < -0.4 is 0 Å². The van der Waals surface area contributed by atoms with Crippen LogP contribution in [0.3, 0.4) is 0 Å². The van der Waals surface area contributed by atoms with Crippen molar-refractivity contribution in [2.45, 2.75) is 30.4 Å². The van der Waals surface area contributed by atoms with E-state index in [0.29, 0.717) is 6.42 Å². The molecule has 4 heteroatoms. The van der Waals surface area contributed by atoms with Crippen LogP contribution in [0.25, 0.3) is 0 Å². The topological polar surface area (TPSA) is 17.1 Å². The molecule has 1 atom stereocenters. The summed E-state index contributed by atoms with van der Waals surface area (Å²) in [5.74, 6) is 0.0665. The van der Waals surface area contributed by atoms with E-state index < -0.39 is 3.41 Å². The lowest BCUT2D eigenvalue weighted by atomic mass is 9.92. The summed E-state index contributed by atoms with van der Waals surface area (Å²) in [5.41, 5.74) is 1.91. The molecule has 0 saturated carbocycles. The number of Topliss-reactive ketones (excluding diaryl/α,β-unsaturated/α-hetero) is 1. The first-order valence-electron chi connectivity index (χ1n) is 12.6. The van der Waals surface area contributed by atoms with E-state index >= 15 is 0 Å². The van der Waals surface area contributed by atoms with Crippen molar-refractivity contribution in [1.29, 1.82) is 0 Å². The normalized spacial score (nSPS) is 12.1. The smallest absolute Gasteiger partial charge is 0.163 e. The zero-order valence-corrected chi connectivity index (χ0v) is 23.3. The predicted octanol–water partition coefficient (Wildman–Crippen LogP) is 10.1. The average molecular weight is 549 g/mol. The largest absolute Gasteiger partial charge is 0.294 e. The van der Waals surface area contributed by atoms with Gasteiger partial charge in [-0.2, -0.15) is 0 Å². The fourth-order valence-corrected chi connectivity index (χ4v) is 9.48. The first-order chi connectivity index (χ1) is 18.7. The van der Waals surface area contributed by atoms with Gasteiger partial charge in [-0.25, -0.2) is 0 Å². The highest BCUT2D eigenvalue weighted by Gasteiger charge is 2.44. The molecule has 0 aliphatic carbocycles. The van der Waals surface area contributed by atoms with Crippen molar-refractivity contribution in [3.8, 4) is 0 Å². The third-order valence-corrected chi connectivity index (χ3v) is 10.9. The Balaban J connectivity index is 1.68. The van der Waals surface area contributed by atoms with Crippen LogP contribution in [0.2, 0.25) is 0 Å². The first kappa shape index (κ1) is 26.4. The zero-order chi connectivity index (χ0) is 26.0. The van der Waals surface area contributed by atoms with Crippen molar-refractivity contribution in [3.05, 3.63) is 163 Å². The molecule has 188 valence electrons. The van der Waals surface area contributed by atoms with Gasteiger partial charge in [0, 0.05) is 32.6 Å². The summed E-state index contributed by atoms with van der Waals surface area (Å²) in [5, 5.41) is 0. The van der Waals surface area contributed by atoms with Crippen molar-refractivity contribution in [2.24, 2.45) is 0 Å². The lowest BCUT2D eigenvalue weighted by Gasteiger charge is -2.39. The summed E-state index contributed by atoms with van der Waals surface area (Å²) in [4.78, 5) is 17.3. The maximum absolute atomic E-state index is 13.8. The molecule has 1 unspecified atom stereocenters. The molecule has 0 aromatic heterocycles. The van der Waals surface area contributed by atoms with Gasteiger partial charge >= 0.3 is 0 Å². The van der Waals surface area contributed by atoms with Gasteiger partial charge in [0.2, 0.25) is 0 Å². The first-order valence-corrected chi connectivity index (χ1v) is 15.0. The van der Waals surface area contributed by atoms with Crippen LogP contribution in [0.1, 0.15) is 28.3 Å². The van der Waals surface area contributed by atoms with Gasteiger partial charge in [-0.3, -0.25) is 4.79 Å². The van der Waals surface area contributed by atoms with Gasteiger partial charge in [0.05, 0.1) is 0 Å². The van der Waals surface area contributed by atoms with Crippen molar-refractivity contribution in [3.63, 3.8) is 0 Å². The quantitative estimate of drug-likeness (QED) is 0.0927. The SMILES string of the molecule is O=C(CC(c1ccccc1)C(Sc1ccccc1)(Sc1ccccc1)Sc1ccccc1)c1ccccc1. The Morgan fingerprint density at radius 1 is 0.500 bits per heavy atom. The molecule has 0 bridgehead atoms. The van der Waals surface area contributed by atoms with Crippen LogP contribution in [-0.2, 0) is 0 Å². The minimum absolute atomic E-state index is 0.0861. The van der Waals surface area contributed by atoms with E-state index in [2.05, 4.69) is 97.1 Å². The van der Waals surface area contributed by atoms with Crippen molar-refractivity contribution >= 4 is 41.1 Å². The Bertz CT molecular complexity index is 1310. The zero-order valence-electron chi connectivity index (χ0n) is 20.9. The van der Waals surface area contributed by atoms with Crippen LogP contribution >= 0.6 is 35.3 Å². The van der Waals surface area contributed by atoms with E-state index in [0.717, 1.165) is 11.1 Å². The predicted molar refractivity (Wildman–Crippen MR) is 164 cm³/mol. The third-order valence-electron chi connectivity index (χ3n) is 6.12. The summed E-state index contributed by atoms with van der Waals surface area (Å²) in [7, 11) is 0. The van der Waals surface area contributed by atoms with E-state index in [-0.39, 0.29) is 11.7 Å². The lowest BCUT2D eigenvalue weighted by molar-refractivity contribution is 0.0974. The molecule has 0 radical (unpaired) electrons. The van der Waals surface area contributed by atoms with Gasteiger partial charge in [0.15, 0.2) is 5.78 Å². The van der Waals surface area contributed by atoms with Gasteiger partial charge in [0.25, 0.3) is 0 Å². The van der Waals surface area contributed by atoms with E-state index in [9.17, 15) is 4.79 Å². The molecule has 0 heterocycles. The van der Waals surface area contributed by atoms with E-state index in [1.54, 1.807) is 0 Å². The maximum atomic E-state index is 13.8. The molecule has 1 nitrogen and oxygen atoms in total. The average Bonchev–Trinajstić information content (AvgIpc) is 2.98. The Kier molecular flexibility index (Phi) is 9.08. The Morgan fingerprint density at radius 3 is 1.24 bits per heavy atom. The summed E-state index contributed by atoms with van der Waals surface area (Å²) < 4.78 is -0.476. The number of hydrogen-bond donors (Lipinski definition) is 0. The number of hydrogen-bond acceptors (Lipinski definition) is 4. The highest BCUT2D eigenvalue weighted by atomic mass is 32.3. The molecule has 5 aromatic rings. The molecule has 5 aromatic carbocycles. The molecule has 0 spiro atoms.